The average Bonchev–Trinajstić information content (AvgIpc) is 3.04. The number of hydrogen-bond donors (Lipinski definition) is 1. The molecule has 1 aromatic heterocycles. The van der Waals surface area contributed by atoms with Crippen LogP contribution in [-0.4, -0.2) is 18.2 Å². The lowest BCUT2D eigenvalue weighted by Gasteiger charge is -2.08. The molecule has 0 saturated heterocycles. The SMILES string of the molecule is CCn1c2ccccc2c2cc(CNCCc3cccc(OC)c3)ccc21. The number of para-hydroxylation sites is 1. The first kappa shape index (κ1) is 17.6. The molecule has 0 fully saturated rings. The van der Waals surface area contributed by atoms with Crippen molar-refractivity contribution in [1.29, 1.82) is 0 Å². The van der Waals surface area contributed by atoms with Crippen LogP contribution in [0.1, 0.15) is 18.1 Å². The fourth-order valence-electron chi connectivity index (χ4n) is 3.84. The summed E-state index contributed by atoms with van der Waals surface area (Å²) < 4.78 is 7.69. The van der Waals surface area contributed by atoms with Crippen LogP contribution in [0.3, 0.4) is 0 Å². The molecule has 1 N–H and O–H groups in total. The second-order valence-corrected chi connectivity index (χ2v) is 6.89. The number of rotatable bonds is 7. The van der Waals surface area contributed by atoms with Gasteiger partial charge in [-0.2, -0.15) is 0 Å². The Kier molecular flexibility index (Phi) is 5.12. The minimum Gasteiger partial charge on any atom is -0.497 e. The molecule has 0 aliphatic carbocycles. The largest absolute Gasteiger partial charge is 0.497 e. The van der Waals surface area contributed by atoms with Gasteiger partial charge in [-0.25, -0.2) is 0 Å². The van der Waals surface area contributed by atoms with Crippen molar-refractivity contribution < 1.29 is 4.74 Å². The topological polar surface area (TPSA) is 26.2 Å². The Morgan fingerprint density at radius 2 is 1.70 bits per heavy atom. The average molecular weight is 358 g/mol. The van der Waals surface area contributed by atoms with Crippen LogP contribution < -0.4 is 10.1 Å². The number of methoxy groups -OCH3 is 1. The Morgan fingerprint density at radius 1 is 0.852 bits per heavy atom. The summed E-state index contributed by atoms with van der Waals surface area (Å²) in [7, 11) is 1.71. The maximum absolute atomic E-state index is 5.30. The second-order valence-electron chi connectivity index (χ2n) is 6.89. The van der Waals surface area contributed by atoms with Crippen LogP contribution in [0.2, 0.25) is 0 Å². The van der Waals surface area contributed by atoms with Crippen molar-refractivity contribution in [3.8, 4) is 5.75 Å². The van der Waals surface area contributed by atoms with Crippen LogP contribution in [0.5, 0.6) is 5.75 Å². The van der Waals surface area contributed by atoms with E-state index in [1.807, 2.05) is 12.1 Å². The summed E-state index contributed by atoms with van der Waals surface area (Å²) in [6.45, 7) is 5.02. The molecule has 3 heteroatoms. The first-order valence-electron chi connectivity index (χ1n) is 9.63. The van der Waals surface area contributed by atoms with E-state index in [2.05, 4.69) is 71.4 Å². The standard InChI is InChI=1S/C24H26N2O/c1-3-26-23-10-5-4-9-21(23)22-16-19(11-12-24(22)26)17-25-14-13-18-7-6-8-20(15-18)27-2/h4-12,15-16,25H,3,13-14,17H2,1-2H3. The molecule has 0 bridgehead atoms. The van der Waals surface area contributed by atoms with E-state index >= 15 is 0 Å². The zero-order valence-corrected chi connectivity index (χ0v) is 16.0. The maximum atomic E-state index is 5.30. The fourth-order valence-corrected chi connectivity index (χ4v) is 3.84. The van der Waals surface area contributed by atoms with E-state index < -0.39 is 0 Å². The van der Waals surface area contributed by atoms with Gasteiger partial charge in [-0.3, -0.25) is 0 Å². The van der Waals surface area contributed by atoms with Gasteiger partial charge in [0.2, 0.25) is 0 Å². The van der Waals surface area contributed by atoms with E-state index in [0.29, 0.717) is 0 Å². The lowest BCUT2D eigenvalue weighted by molar-refractivity contribution is 0.414. The van der Waals surface area contributed by atoms with E-state index in [1.165, 1.54) is 32.9 Å². The lowest BCUT2D eigenvalue weighted by Crippen LogP contribution is -2.16. The summed E-state index contributed by atoms with van der Waals surface area (Å²) in [5, 5.41) is 6.26. The molecule has 138 valence electrons. The smallest absolute Gasteiger partial charge is 0.119 e. The van der Waals surface area contributed by atoms with Crippen LogP contribution in [0, 0.1) is 0 Å². The van der Waals surface area contributed by atoms with Crippen molar-refractivity contribution in [2.75, 3.05) is 13.7 Å². The molecule has 0 unspecified atom stereocenters. The van der Waals surface area contributed by atoms with Gasteiger partial charge in [0.15, 0.2) is 0 Å². The summed E-state index contributed by atoms with van der Waals surface area (Å²) in [5.74, 6) is 0.922. The van der Waals surface area contributed by atoms with Crippen LogP contribution in [0.15, 0.2) is 66.7 Å². The summed E-state index contributed by atoms with van der Waals surface area (Å²) in [6, 6.07) is 23.8. The van der Waals surface area contributed by atoms with Gasteiger partial charge in [0.1, 0.15) is 5.75 Å². The van der Waals surface area contributed by atoms with Crippen molar-refractivity contribution >= 4 is 21.8 Å². The third kappa shape index (κ3) is 3.56. The summed E-state index contributed by atoms with van der Waals surface area (Å²) in [5.41, 5.74) is 5.26. The predicted molar refractivity (Wildman–Crippen MR) is 114 cm³/mol. The molecule has 0 aliphatic rings. The molecule has 27 heavy (non-hydrogen) atoms. The molecule has 4 aromatic rings. The fraction of sp³-hybridized carbons (Fsp3) is 0.250. The molecule has 0 aliphatic heterocycles. The zero-order chi connectivity index (χ0) is 18.6. The Bertz CT molecular complexity index is 1060. The number of aryl methyl sites for hydroxylation is 1. The highest BCUT2D eigenvalue weighted by Crippen LogP contribution is 2.29. The van der Waals surface area contributed by atoms with Crippen molar-refractivity contribution in [3.63, 3.8) is 0 Å². The van der Waals surface area contributed by atoms with Crippen LogP contribution in [0.25, 0.3) is 21.8 Å². The Labute approximate surface area is 160 Å². The zero-order valence-electron chi connectivity index (χ0n) is 16.0. The Balaban J connectivity index is 1.47. The van der Waals surface area contributed by atoms with Crippen LogP contribution in [-0.2, 0) is 19.5 Å². The van der Waals surface area contributed by atoms with Gasteiger partial charge >= 0.3 is 0 Å². The highest BCUT2D eigenvalue weighted by molar-refractivity contribution is 6.08. The molecular weight excluding hydrogens is 332 g/mol. The van der Waals surface area contributed by atoms with Gasteiger partial charge in [-0.1, -0.05) is 36.4 Å². The first-order valence-corrected chi connectivity index (χ1v) is 9.63. The van der Waals surface area contributed by atoms with E-state index in [4.69, 9.17) is 4.74 Å². The van der Waals surface area contributed by atoms with E-state index in [-0.39, 0.29) is 0 Å². The molecule has 1 heterocycles. The van der Waals surface area contributed by atoms with Crippen molar-refractivity contribution in [1.82, 2.24) is 9.88 Å². The van der Waals surface area contributed by atoms with Gasteiger partial charge in [0, 0.05) is 34.9 Å². The molecule has 3 aromatic carbocycles. The lowest BCUT2D eigenvalue weighted by atomic mass is 10.1. The number of ether oxygens (including phenoxy) is 1. The summed E-state index contributed by atoms with van der Waals surface area (Å²) >= 11 is 0. The summed E-state index contributed by atoms with van der Waals surface area (Å²) in [6.07, 6.45) is 0.995. The Hall–Kier alpha value is -2.78. The second kappa shape index (κ2) is 7.85. The molecule has 0 spiro atoms. The molecule has 0 radical (unpaired) electrons. The van der Waals surface area contributed by atoms with Gasteiger partial charge in [-0.05, 0) is 61.3 Å². The van der Waals surface area contributed by atoms with E-state index in [1.54, 1.807) is 7.11 Å². The third-order valence-corrected chi connectivity index (χ3v) is 5.21. The predicted octanol–water partition coefficient (Wildman–Crippen LogP) is 5.16. The van der Waals surface area contributed by atoms with Crippen LogP contribution >= 0.6 is 0 Å². The minimum absolute atomic E-state index is 0.880. The van der Waals surface area contributed by atoms with E-state index in [9.17, 15) is 0 Å². The highest BCUT2D eigenvalue weighted by atomic mass is 16.5. The van der Waals surface area contributed by atoms with Crippen molar-refractivity contribution in [3.05, 3.63) is 77.9 Å². The summed E-state index contributed by atoms with van der Waals surface area (Å²) in [4.78, 5) is 0. The number of fused-ring (bicyclic) bond motifs is 3. The number of benzene rings is 3. The van der Waals surface area contributed by atoms with Gasteiger partial charge in [0.05, 0.1) is 7.11 Å². The Morgan fingerprint density at radius 3 is 2.56 bits per heavy atom. The minimum atomic E-state index is 0.880. The monoisotopic (exact) mass is 358 g/mol. The van der Waals surface area contributed by atoms with Crippen LogP contribution in [0.4, 0.5) is 0 Å². The van der Waals surface area contributed by atoms with Gasteiger partial charge in [0.25, 0.3) is 0 Å². The quantitative estimate of drug-likeness (QED) is 0.462. The van der Waals surface area contributed by atoms with Gasteiger partial charge in [-0.15, -0.1) is 0 Å². The molecule has 3 nitrogen and oxygen atoms in total. The molecular formula is C24H26N2O. The number of hydrogen-bond acceptors (Lipinski definition) is 2. The van der Waals surface area contributed by atoms with Gasteiger partial charge < -0.3 is 14.6 Å². The molecule has 0 saturated carbocycles. The molecule has 4 rings (SSSR count). The number of aromatic nitrogens is 1. The number of nitrogens with zero attached hydrogens (tertiary/aromatic N) is 1. The first-order chi connectivity index (χ1) is 13.3. The normalized spacial score (nSPS) is 11.3. The molecule has 0 atom stereocenters. The highest BCUT2D eigenvalue weighted by Gasteiger charge is 2.09. The maximum Gasteiger partial charge on any atom is 0.119 e. The van der Waals surface area contributed by atoms with Crippen molar-refractivity contribution in [2.45, 2.75) is 26.4 Å². The van der Waals surface area contributed by atoms with Crippen molar-refractivity contribution in [2.24, 2.45) is 0 Å². The molecule has 0 amide bonds. The van der Waals surface area contributed by atoms with E-state index in [0.717, 1.165) is 31.8 Å². The number of nitrogens with one attached hydrogen (secondary N) is 1. The third-order valence-electron chi connectivity index (χ3n) is 5.21.